The Labute approximate surface area is 132 Å². The van der Waals surface area contributed by atoms with E-state index in [9.17, 15) is 4.79 Å². The van der Waals surface area contributed by atoms with E-state index in [1.165, 1.54) is 5.56 Å². The van der Waals surface area contributed by atoms with Gasteiger partial charge in [-0.05, 0) is 42.2 Å². The molecule has 0 saturated heterocycles. The van der Waals surface area contributed by atoms with Crippen LogP contribution in [0, 0.1) is 0 Å². The van der Waals surface area contributed by atoms with Crippen molar-refractivity contribution in [3.05, 3.63) is 65.7 Å². The van der Waals surface area contributed by atoms with Crippen molar-refractivity contribution in [1.29, 1.82) is 0 Å². The van der Waals surface area contributed by atoms with Gasteiger partial charge in [0.25, 0.3) is 5.91 Å². The minimum absolute atomic E-state index is 0.0511. The van der Waals surface area contributed by atoms with Crippen molar-refractivity contribution in [2.75, 3.05) is 13.2 Å². The highest BCUT2D eigenvalue weighted by atomic mass is 16.5. The van der Waals surface area contributed by atoms with Crippen LogP contribution in [-0.4, -0.2) is 19.1 Å². The molecule has 116 valence electrons. The maximum Gasteiger partial charge on any atom is 0.251 e. The molecule has 0 saturated carbocycles. The molecule has 0 radical (unpaired) electrons. The summed E-state index contributed by atoms with van der Waals surface area (Å²) in [6.45, 7) is 5.49. The third-order valence-corrected chi connectivity index (χ3v) is 3.53. The highest BCUT2D eigenvalue weighted by Gasteiger charge is 2.09. The number of hydrogen-bond acceptors (Lipinski definition) is 2. The maximum absolute atomic E-state index is 12.2. The molecule has 0 aromatic heterocycles. The van der Waals surface area contributed by atoms with E-state index in [2.05, 4.69) is 31.3 Å². The Morgan fingerprint density at radius 2 is 1.77 bits per heavy atom. The standard InChI is InChI=1S/C19H23NO2/c1-3-13-22-18-11-9-17(10-12-18)19(21)20-14-15(2)16-7-5-4-6-8-16/h4-12,15H,3,13-14H2,1-2H3,(H,20,21). The van der Waals surface area contributed by atoms with Crippen LogP contribution in [0.3, 0.4) is 0 Å². The van der Waals surface area contributed by atoms with Gasteiger partial charge in [-0.2, -0.15) is 0 Å². The molecule has 0 aliphatic heterocycles. The van der Waals surface area contributed by atoms with Gasteiger partial charge in [0.15, 0.2) is 0 Å². The van der Waals surface area contributed by atoms with E-state index in [0.717, 1.165) is 12.2 Å². The van der Waals surface area contributed by atoms with Crippen LogP contribution >= 0.6 is 0 Å². The number of amides is 1. The number of nitrogens with one attached hydrogen (secondary N) is 1. The average molecular weight is 297 g/mol. The van der Waals surface area contributed by atoms with Gasteiger partial charge < -0.3 is 10.1 Å². The minimum Gasteiger partial charge on any atom is -0.494 e. The van der Waals surface area contributed by atoms with E-state index in [1.807, 2.05) is 30.3 Å². The van der Waals surface area contributed by atoms with Crippen LogP contribution in [0.2, 0.25) is 0 Å². The average Bonchev–Trinajstić information content (AvgIpc) is 2.58. The molecule has 1 amide bonds. The molecule has 1 unspecified atom stereocenters. The Hall–Kier alpha value is -2.29. The lowest BCUT2D eigenvalue weighted by Gasteiger charge is -2.13. The van der Waals surface area contributed by atoms with Crippen LogP contribution in [0.1, 0.15) is 42.1 Å². The molecule has 0 bridgehead atoms. The van der Waals surface area contributed by atoms with Crippen LogP contribution < -0.4 is 10.1 Å². The minimum atomic E-state index is -0.0511. The van der Waals surface area contributed by atoms with E-state index in [4.69, 9.17) is 4.74 Å². The van der Waals surface area contributed by atoms with Crippen LogP contribution in [0.15, 0.2) is 54.6 Å². The summed E-state index contributed by atoms with van der Waals surface area (Å²) < 4.78 is 5.51. The number of hydrogen-bond donors (Lipinski definition) is 1. The smallest absolute Gasteiger partial charge is 0.251 e. The van der Waals surface area contributed by atoms with Gasteiger partial charge in [0.2, 0.25) is 0 Å². The number of carbonyl (C=O) groups excluding carboxylic acids is 1. The Bertz CT molecular complexity index is 578. The summed E-state index contributed by atoms with van der Waals surface area (Å²) in [5.41, 5.74) is 1.88. The molecule has 22 heavy (non-hydrogen) atoms. The second-order valence-corrected chi connectivity index (χ2v) is 5.39. The fourth-order valence-electron chi connectivity index (χ4n) is 2.17. The predicted octanol–water partition coefficient (Wildman–Crippen LogP) is 4.01. The maximum atomic E-state index is 12.2. The number of benzene rings is 2. The Morgan fingerprint density at radius 3 is 2.41 bits per heavy atom. The van der Waals surface area contributed by atoms with E-state index in [-0.39, 0.29) is 11.8 Å². The van der Waals surface area contributed by atoms with Crippen molar-refractivity contribution < 1.29 is 9.53 Å². The largest absolute Gasteiger partial charge is 0.494 e. The van der Waals surface area contributed by atoms with Crippen LogP contribution in [0.5, 0.6) is 5.75 Å². The molecule has 0 aliphatic rings. The molecule has 2 aromatic rings. The Kier molecular flexibility index (Phi) is 6.01. The first-order valence-electron chi connectivity index (χ1n) is 7.76. The zero-order valence-electron chi connectivity index (χ0n) is 13.2. The number of ether oxygens (including phenoxy) is 1. The molecule has 0 aliphatic carbocycles. The highest BCUT2D eigenvalue weighted by Crippen LogP contribution is 2.15. The highest BCUT2D eigenvalue weighted by molar-refractivity contribution is 5.94. The molecule has 2 aromatic carbocycles. The fourth-order valence-corrected chi connectivity index (χ4v) is 2.17. The molecule has 1 atom stereocenters. The second-order valence-electron chi connectivity index (χ2n) is 5.39. The molecular formula is C19H23NO2. The van der Waals surface area contributed by atoms with Gasteiger partial charge in [-0.15, -0.1) is 0 Å². The summed E-state index contributed by atoms with van der Waals surface area (Å²) in [6.07, 6.45) is 0.972. The molecule has 3 heteroatoms. The molecule has 0 spiro atoms. The lowest BCUT2D eigenvalue weighted by Crippen LogP contribution is -2.27. The SMILES string of the molecule is CCCOc1ccc(C(=O)NCC(C)c2ccccc2)cc1. The molecule has 0 heterocycles. The summed E-state index contributed by atoms with van der Waals surface area (Å²) in [7, 11) is 0. The van der Waals surface area contributed by atoms with E-state index in [1.54, 1.807) is 12.1 Å². The van der Waals surface area contributed by atoms with Crippen molar-refractivity contribution in [2.24, 2.45) is 0 Å². The summed E-state index contributed by atoms with van der Waals surface area (Å²) in [5, 5.41) is 2.98. The fraction of sp³-hybridized carbons (Fsp3) is 0.316. The monoisotopic (exact) mass is 297 g/mol. The Morgan fingerprint density at radius 1 is 1.09 bits per heavy atom. The van der Waals surface area contributed by atoms with Gasteiger partial charge >= 0.3 is 0 Å². The first-order chi connectivity index (χ1) is 10.7. The third-order valence-electron chi connectivity index (χ3n) is 3.53. The summed E-state index contributed by atoms with van der Waals surface area (Å²) in [4.78, 5) is 12.2. The predicted molar refractivity (Wildman–Crippen MR) is 89.4 cm³/mol. The molecule has 1 N–H and O–H groups in total. The summed E-state index contributed by atoms with van der Waals surface area (Å²) in [6, 6.07) is 17.5. The quantitative estimate of drug-likeness (QED) is 0.838. The molecule has 2 rings (SSSR count). The lowest BCUT2D eigenvalue weighted by molar-refractivity contribution is 0.0951. The molecule has 3 nitrogen and oxygen atoms in total. The lowest BCUT2D eigenvalue weighted by atomic mass is 10.0. The van der Waals surface area contributed by atoms with E-state index in [0.29, 0.717) is 18.7 Å². The molecule has 0 fully saturated rings. The first kappa shape index (κ1) is 16.1. The van der Waals surface area contributed by atoms with Gasteiger partial charge in [0.05, 0.1) is 6.61 Å². The van der Waals surface area contributed by atoms with Crippen molar-refractivity contribution >= 4 is 5.91 Å². The number of carbonyl (C=O) groups is 1. The first-order valence-corrected chi connectivity index (χ1v) is 7.76. The van der Waals surface area contributed by atoms with Gasteiger partial charge in [-0.25, -0.2) is 0 Å². The third kappa shape index (κ3) is 4.62. The van der Waals surface area contributed by atoms with Gasteiger partial charge in [0.1, 0.15) is 5.75 Å². The van der Waals surface area contributed by atoms with Crippen LogP contribution in [0.4, 0.5) is 0 Å². The van der Waals surface area contributed by atoms with Gasteiger partial charge in [0, 0.05) is 12.1 Å². The summed E-state index contributed by atoms with van der Waals surface area (Å²) >= 11 is 0. The van der Waals surface area contributed by atoms with Gasteiger partial charge in [-0.3, -0.25) is 4.79 Å². The molecular weight excluding hydrogens is 274 g/mol. The topological polar surface area (TPSA) is 38.3 Å². The summed E-state index contributed by atoms with van der Waals surface area (Å²) in [5.74, 6) is 1.04. The van der Waals surface area contributed by atoms with Crippen molar-refractivity contribution in [1.82, 2.24) is 5.32 Å². The van der Waals surface area contributed by atoms with Crippen molar-refractivity contribution in [2.45, 2.75) is 26.2 Å². The zero-order valence-corrected chi connectivity index (χ0v) is 13.2. The zero-order chi connectivity index (χ0) is 15.8. The number of rotatable bonds is 7. The Balaban J connectivity index is 1.86. The van der Waals surface area contributed by atoms with Crippen molar-refractivity contribution in [3.8, 4) is 5.75 Å². The van der Waals surface area contributed by atoms with E-state index >= 15 is 0 Å². The van der Waals surface area contributed by atoms with Crippen LogP contribution in [-0.2, 0) is 0 Å². The van der Waals surface area contributed by atoms with Crippen molar-refractivity contribution in [3.63, 3.8) is 0 Å². The van der Waals surface area contributed by atoms with Crippen LogP contribution in [0.25, 0.3) is 0 Å². The normalized spacial score (nSPS) is 11.7. The van der Waals surface area contributed by atoms with Gasteiger partial charge in [-0.1, -0.05) is 44.2 Å². The van der Waals surface area contributed by atoms with E-state index < -0.39 is 0 Å². The second kappa shape index (κ2) is 8.23.